The van der Waals surface area contributed by atoms with Gasteiger partial charge in [-0.3, -0.25) is 4.79 Å². The standard InChI is InChI=1S/C21H24Cl2N2O4S/c1-14-8-9-20(29-2)19(11-14)24-21(26)15-5-4-10-25(12-15)30(27,28)13-16-17(22)6-3-7-18(16)23/h3,6-9,11,15H,4-5,10,12-13H2,1-2H3,(H,24,26)/t15-/m1/s1. The molecule has 162 valence electrons. The van der Waals surface area contributed by atoms with Crippen molar-refractivity contribution in [2.45, 2.75) is 25.5 Å². The van der Waals surface area contributed by atoms with E-state index in [1.165, 1.54) is 11.4 Å². The largest absolute Gasteiger partial charge is 0.495 e. The maximum absolute atomic E-state index is 13.0. The highest BCUT2D eigenvalue weighted by molar-refractivity contribution is 7.88. The predicted octanol–water partition coefficient (Wildman–Crippen LogP) is 4.49. The van der Waals surface area contributed by atoms with Gasteiger partial charge < -0.3 is 10.1 Å². The smallest absolute Gasteiger partial charge is 0.228 e. The Morgan fingerprint density at radius 3 is 2.60 bits per heavy atom. The molecule has 2 aromatic carbocycles. The molecule has 1 N–H and O–H groups in total. The average Bonchev–Trinajstić information content (AvgIpc) is 2.71. The van der Waals surface area contributed by atoms with Gasteiger partial charge in [0.1, 0.15) is 5.75 Å². The topological polar surface area (TPSA) is 75.7 Å². The van der Waals surface area contributed by atoms with E-state index in [-0.39, 0.29) is 18.2 Å². The van der Waals surface area contributed by atoms with Gasteiger partial charge in [0.25, 0.3) is 0 Å². The molecule has 1 fully saturated rings. The van der Waals surface area contributed by atoms with E-state index in [0.717, 1.165) is 5.56 Å². The van der Waals surface area contributed by atoms with E-state index < -0.39 is 15.9 Å². The number of benzene rings is 2. The second-order valence-corrected chi connectivity index (χ2v) is 10.1. The number of aryl methyl sites for hydroxylation is 1. The van der Waals surface area contributed by atoms with Crippen LogP contribution >= 0.6 is 23.2 Å². The zero-order valence-corrected chi connectivity index (χ0v) is 19.1. The van der Waals surface area contributed by atoms with Gasteiger partial charge >= 0.3 is 0 Å². The first kappa shape index (κ1) is 22.9. The number of nitrogens with zero attached hydrogens (tertiary/aromatic N) is 1. The summed E-state index contributed by atoms with van der Waals surface area (Å²) in [5, 5.41) is 3.50. The molecule has 1 amide bonds. The third kappa shape index (κ3) is 5.27. The van der Waals surface area contributed by atoms with E-state index in [9.17, 15) is 13.2 Å². The molecule has 9 heteroatoms. The lowest BCUT2D eigenvalue weighted by molar-refractivity contribution is -0.120. The number of carbonyl (C=O) groups is 1. The van der Waals surface area contributed by atoms with Crippen LogP contribution in [0.25, 0.3) is 0 Å². The van der Waals surface area contributed by atoms with Crippen LogP contribution in [0.15, 0.2) is 36.4 Å². The molecule has 0 bridgehead atoms. The van der Waals surface area contributed by atoms with Crippen LogP contribution in [0.4, 0.5) is 5.69 Å². The minimum absolute atomic E-state index is 0.115. The molecule has 0 unspecified atom stereocenters. The molecule has 2 aromatic rings. The van der Waals surface area contributed by atoms with Gasteiger partial charge in [0, 0.05) is 28.7 Å². The van der Waals surface area contributed by atoms with Gasteiger partial charge in [0.2, 0.25) is 15.9 Å². The van der Waals surface area contributed by atoms with Crippen LogP contribution < -0.4 is 10.1 Å². The van der Waals surface area contributed by atoms with Crippen molar-refractivity contribution in [1.82, 2.24) is 4.31 Å². The fraction of sp³-hybridized carbons (Fsp3) is 0.381. The number of hydrogen-bond donors (Lipinski definition) is 1. The third-order valence-corrected chi connectivity index (χ3v) is 7.63. The summed E-state index contributed by atoms with van der Waals surface area (Å²) in [4.78, 5) is 12.9. The van der Waals surface area contributed by atoms with Crippen molar-refractivity contribution >= 4 is 44.8 Å². The number of methoxy groups -OCH3 is 1. The fourth-order valence-electron chi connectivity index (χ4n) is 3.51. The van der Waals surface area contributed by atoms with E-state index >= 15 is 0 Å². The number of nitrogens with one attached hydrogen (secondary N) is 1. The highest BCUT2D eigenvalue weighted by Crippen LogP contribution is 2.30. The molecule has 0 spiro atoms. The van der Waals surface area contributed by atoms with Crippen molar-refractivity contribution in [1.29, 1.82) is 0 Å². The van der Waals surface area contributed by atoms with Crippen LogP contribution in [0.5, 0.6) is 5.75 Å². The lowest BCUT2D eigenvalue weighted by Crippen LogP contribution is -2.44. The quantitative estimate of drug-likeness (QED) is 0.674. The van der Waals surface area contributed by atoms with Gasteiger partial charge in [0.15, 0.2) is 0 Å². The minimum Gasteiger partial charge on any atom is -0.495 e. The molecule has 1 heterocycles. The third-order valence-electron chi connectivity index (χ3n) is 5.15. The van der Waals surface area contributed by atoms with E-state index in [0.29, 0.717) is 46.4 Å². The number of ether oxygens (including phenoxy) is 1. The van der Waals surface area contributed by atoms with Crippen LogP contribution in [-0.2, 0) is 20.6 Å². The molecule has 0 aliphatic carbocycles. The Labute approximate surface area is 187 Å². The van der Waals surface area contributed by atoms with E-state index in [1.807, 2.05) is 19.1 Å². The SMILES string of the molecule is COc1ccc(C)cc1NC(=O)[C@@H]1CCCN(S(=O)(=O)Cc2c(Cl)cccc2Cl)C1. The number of anilines is 1. The van der Waals surface area contributed by atoms with Crippen LogP contribution in [0.2, 0.25) is 10.0 Å². The maximum Gasteiger partial charge on any atom is 0.228 e. The summed E-state index contributed by atoms with van der Waals surface area (Å²) < 4.78 is 32.6. The summed E-state index contributed by atoms with van der Waals surface area (Å²) in [5.74, 6) is -0.427. The van der Waals surface area contributed by atoms with Crippen molar-refractivity contribution in [2.24, 2.45) is 5.92 Å². The van der Waals surface area contributed by atoms with Crippen LogP contribution in [0.3, 0.4) is 0 Å². The molecule has 1 saturated heterocycles. The number of halogens is 2. The van der Waals surface area contributed by atoms with Gasteiger partial charge in [-0.15, -0.1) is 0 Å². The Bertz CT molecular complexity index is 1020. The Kier molecular flexibility index (Phi) is 7.29. The van der Waals surface area contributed by atoms with Gasteiger partial charge in [-0.1, -0.05) is 35.3 Å². The highest BCUT2D eigenvalue weighted by atomic mass is 35.5. The minimum atomic E-state index is -3.68. The van der Waals surface area contributed by atoms with Crippen molar-refractivity contribution in [3.8, 4) is 5.75 Å². The predicted molar refractivity (Wildman–Crippen MR) is 120 cm³/mol. The van der Waals surface area contributed by atoms with Crippen LogP contribution in [0.1, 0.15) is 24.0 Å². The molecule has 1 aliphatic heterocycles. The van der Waals surface area contributed by atoms with E-state index in [4.69, 9.17) is 27.9 Å². The second kappa shape index (κ2) is 9.56. The summed E-state index contributed by atoms with van der Waals surface area (Å²) >= 11 is 12.3. The number of piperidine rings is 1. The van der Waals surface area contributed by atoms with E-state index in [2.05, 4.69) is 5.32 Å². The normalized spacial score (nSPS) is 17.5. The Morgan fingerprint density at radius 1 is 1.23 bits per heavy atom. The summed E-state index contributed by atoms with van der Waals surface area (Å²) in [7, 11) is -2.14. The van der Waals surface area contributed by atoms with Gasteiger partial charge in [-0.2, -0.15) is 0 Å². The Balaban J connectivity index is 1.73. The second-order valence-electron chi connectivity index (χ2n) is 7.35. The van der Waals surface area contributed by atoms with Gasteiger partial charge in [-0.25, -0.2) is 12.7 Å². The number of rotatable bonds is 6. The van der Waals surface area contributed by atoms with Crippen LogP contribution in [0, 0.1) is 12.8 Å². The number of amides is 1. The summed E-state index contributed by atoms with van der Waals surface area (Å²) in [5.41, 5.74) is 1.93. The first-order chi connectivity index (χ1) is 14.2. The Hall–Kier alpha value is -1.80. The molecule has 1 aliphatic rings. The zero-order valence-electron chi connectivity index (χ0n) is 16.8. The molecule has 6 nitrogen and oxygen atoms in total. The van der Waals surface area contributed by atoms with Gasteiger partial charge in [-0.05, 0) is 49.6 Å². The molecule has 0 saturated carbocycles. The molecule has 30 heavy (non-hydrogen) atoms. The maximum atomic E-state index is 13.0. The summed E-state index contributed by atoms with van der Waals surface area (Å²) in [6, 6.07) is 10.4. The van der Waals surface area contributed by atoms with Crippen molar-refractivity contribution < 1.29 is 17.9 Å². The molecule has 0 aromatic heterocycles. The van der Waals surface area contributed by atoms with Crippen LogP contribution in [-0.4, -0.2) is 38.8 Å². The van der Waals surface area contributed by atoms with Gasteiger partial charge in [0.05, 0.1) is 24.5 Å². The molecule has 3 rings (SSSR count). The fourth-order valence-corrected chi connectivity index (χ4v) is 5.87. The lowest BCUT2D eigenvalue weighted by Gasteiger charge is -2.31. The summed E-state index contributed by atoms with van der Waals surface area (Å²) in [6.07, 6.45) is 1.21. The number of carbonyl (C=O) groups excluding carboxylic acids is 1. The monoisotopic (exact) mass is 470 g/mol. The van der Waals surface area contributed by atoms with Crippen molar-refractivity contribution in [2.75, 3.05) is 25.5 Å². The first-order valence-electron chi connectivity index (χ1n) is 9.57. The summed E-state index contributed by atoms with van der Waals surface area (Å²) in [6.45, 7) is 2.40. The number of hydrogen-bond acceptors (Lipinski definition) is 4. The highest BCUT2D eigenvalue weighted by Gasteiger charge is 2.33. The molecular weight excluding hydrogens is 447 g/mol. The first-order valence-corrected chi connectivity index (χ1v) is 11.9. The molecule has 0 radical (unpaired) electrons. The van der Waals surface area contributed by atoms with E-state index in [1.54, 1.807) is 24.3 Å². The zero-order chi connectivity index (χ0) is 21.9. The Morgan fingerprint density at radius 2 is 1.93 bits per heavy atom. The molecular formula is C21H24Cl2N2O4S. The average molecular weight is 471 g/mol. The van der Waals surface area contributed by atoms with Crippen molar-refractivity contribution in [3.63, 3.8) is 0 Å². The molecule has 1 atom stereocenters. The lowest BCUT2D eigenvalue weighted by atomic mass is 9.98. The number of sulfonamides is 1. The van der Waals surface area contributed by atoms with Crippen molar-refractivity contribution in [3.05, 3.63) is 57.6 Å².